The summed E-state index contributed by atoms with van der Waals surface area (Å²) in [6, 6.07) is 12.9. The summed E-state index contributed by atoms with van der Waals surface area (Å²) in [6.07, 6.45) is 13.6. The molecule has 0 amide bonds. The van der Waals surface area contributed by atoms with Gasteiger partial charge in [0.25, 0.3) is 0 Å². The van der Waals surface area contributed by atoms with E-state index in [0.29, 0.717) is 6.73 Å². The van der Waals surface area contributed by atoms with Crippen molar-refractivity contribution in [2.24, 2.45) is 0 Å². The molecule has 0 N–H and O–H groups in total. The van der Waals surface area contributed by atoms with E-state index in [2.05, 4.69) is 73.6 Å². The zero-order valence-corrected chi connectivity index (χ0v) is 23.5. The predicted octanol–water partition coefficient (Wildman–Crippen LogP) is 6.29. The van der Waals surface area contributed by atoms with E-state index in [1.807, 2.05) is 18.3 Å². The molecule has 196 valence electrons. The number of hydrogen-bond acceptors (Lipinski definition) is 5. The van der Waals surface area contributed by atoms with Crippen LogP contribution in [0.5, 0.6) is 0 Å². The molecule has 0 radical (unpaired) electrons. The summed E-state index contributed by atoms with van der Waals surface area (Å²) in [5.74, 6) is 0.916. The van der Waals surface area contributed by atoms with Gasteiger partial charge >= 0.3 is 0 Å². The average Bonchev–Trinajstić information content (AvgIpc) is 2.96. The van der Waals surface area contributed by atoms with Crippen LogP contribution in [0, 0.1) is 0 Å². The highest BCUT2D eigenvalue weighted by Gasteiger charge is 2.23. The number of allylic oxidation sites excluding steroid dienone is 1. The molecular weight excluding hydrogens is 524 g/mol. The van der Waals surface area contributed by atoms with Gasteiger partial charge in [0.05, 0.1) is 0 Å². The fraction of sp³-hybridized carbons (Fsp3) is 0.452. The van der Waals surface area contributed by atoms with Crippen LogP contribution in [0.3, 0.4) is 0 Å². The molecule has 1 aliphatic carbocycles. The van der Waals surface area contributed by atoms with Crippen LogP contribution in [0.2, 0.25) is 0 Å². The van der Waals surface area contributed by atoms with Gasteiger partial charge in [0, 0.05) is 67.7 Å². The van der Waals surface area contributed by atoms with Crippen LogP contribution in [0.15, 0.2) is 76.9 Å². The first-order valence-electron chi connectivity index (χ1n) is 13.8. The van der Waals surface area contributed by atoms with Gasteiger partial charge in [-0.15, -0.1) is 0 Å². The standard InChI is InChI=1S/C31H39BrN4O/c1-2-26-23-35(17-14-25-7-4-3-5-8-25)24-37-31(26)30-27(9-6-16-33-30)15-18-34-19-21-36(22-20-34)29-12-10-28(32)11-13-29/h2,6-7,9-13,16H,1,3-5,8,14-15,17-24H2. The zero-order chi connectivity index (χ0) is 25.5. The number of benzene rings is 1. The lowest BCUT2D eigenvalue weighted by Crippen LogP contribution is -2.47. The number of nitrogens with zero attached hydrogens (tertiary/aromatic N) is 4. The van der Waals surface area contributed by atoms with E-state index in [4.69, 9.17) is 9.72 Å². The third-order valence-corrected chi connectivity index (χ3v) is 8.35. The van der Waals surface area contributed by atoms with Gasteiger partial charge in [0.15, 0.2) is 5.76 Å². The fourth-order valence-electron chi connectivity index (χ4n) is 5.57. The topological polar surface area (TPSA) is 31.8 Å². The maximum atomic E-state index is 6.35. The summed E-state index contributed by atoms with van der Waals surface area (Å²) in [4.78, 5) is 12.2. The molecular formula is C31H39BrN4O. The zero-order valence-electron chi connectivity index (χ0n) is 21.9. The van der Waals surface area contributed by atoms with E-state index in [9.17, 15) is 0 Å². The van der Waals surface area contributed by atoms with Gasteiger partial charge in [-0.25, -0.2) is 0 Å². The Balaban J connectivity index is 1.18. The first-order valence-corrected chi connectivity index (χ1v) is 14.5. The molecule has 3 heterocycles. The molecule has 5 rings (SSSR count). The third-order valence-electron chi connectivity index (χ3n) is 7.83. The Morgan fingerprint density at radius 2 is 1.78 bits per heavy atom. The predicted molar refractivity (Wildman–Crippen MR) is 157 cm³/mol. The second kappa shape index (κ2) is 12.9. The minimum atomic E-state index is 0.619. The first-order chi connectivity index (χ1) is 18.2. The van der Waals surface area contributed by atoms with Crippen LogP contribution < -0.4 is 4.90 Å². The molecule has 0 atom stereocenters. The molecule has 1 aromatic heterocycles. The lowest BCUT2D eigenvalue weighted by molar-refractivity contribution is 0.0961. The lowest BCUT2D eigenvalue weighted by Gasteiger charge is -2.36. The van der Waals surface area contributed by atoms with Crippen LogP contribution >= 0.6 is 15.9 Å². The van der Waals surface area contributed by atoms with Crippen molar-refractivity contribution < 1.29 is 4.74 Å². The molecule has 1 saturated heterocycles. The van der Waals surface area contributed by atoms with E-state index in [1.165, 1.54) is 36.9 Å². The van der Waals surface area contributed by atoms with Crippen molar-refractivity contribution in [3.63, 3.8) is 0 Å². The summed E-state index contributed by atoms with van der Waals surface area (Å²) in [5.41, 5.74) is 6.31. The van der Waals surface area contributed by atoms with Crippen molar-refractivity contribution in [2.75, 3.05) is 57.4 Å². The molecule has 0 bridgehead atoms. The van der Waals surface area contributed by atoms with Gasteiger partial charge in [0.2, 0.25) is 0 Å². The molecule has 1 aromatic carbocycles. The first kappa shape index (κ1) is 26.2. The van der Waals surface area contributed by atoms with Crippen molar-refractivity contribution in [1.82, 2.24) is 14.8 Å². The van der Waals surface area contributed by atoms with Crippen LogP contribution in [0.1, 0.15) is 43.4 Å². The van der Waals surface area contributed by atoms with Gasteiger partial charge < -0.3 is 9.64 Å². The largest absolute Gasteiger partial charge is 0.476 e. The summed E-state index contributed by atoms with van der Waals surface area (Å²) >= 11 is 3.54. The van der Waals surface area contributed by atoms with Crippen LogP contribution in [0.4, 0.5) is 5.69 Å². The molecule has 6 heteroatoms. The summed E-state index contributed by atoms with van der Waals surface area (Å²) in [5, 5.41) is 0. The summed E-state index contributed by atoms with van der Waals surface area (Å²) in [6.45, 7) is 11.9. The number of halogens is 1. The number of hydrogen-bond donors (Lipinski definition) is 0. The van der Waals surface area contributed by atoms with Crippen LogP contribution in [-0.4, -0.2) is 67.3 Å². The number of anilines is 1. The summed E-state index contributed by atoms with van der Waals surface area (Å²) < 4.78 is 7.48. The molecule has 2 aliphatic heterocycles. The van der Waals surface area contributed by atoms with Crippen molar-refractivity contribution in [3.8, 4) is 0 Å². The van der Waals surface area contributed by atoms with Gasteiger partial charge in [-0.3, -0.25) is 14.8 Å². The Morgan fingerprint density at radius 1 is 0.973 bits per heavy atom. The molecule has 5 nitrogen and oxygen atoms in total. The average molecular weight is 564 g/mol. The number of aromatic nitrogens is 1. The highest BCUT2D eigenvalue weighted by molar-refractivity contribution is 9.10. The normalized spacial score (nSPS) is 19.5. The lowest BCUT2D eigenvalue weighted by atomic mass is 9.97. The van der Waals surface area contributed by atoms with E-state index in [1.54, 1.807) is 5.57 Å². The smallest absolute Gasteiger partial charge is 0.151 e. The Morgan fingerprint density at radius 3 is 2.54 bits per heavy atom. The van der Waals surface area contributed by atoms with E-state index in [-0.39, 0.29) is 0 Å². The quantitative estimate of drug-likeness (QED) is 0.335. The third kappa shape index (κ3) is 6.92. The molecule has 2 aromatic rings. The van der Waals surface area contributed by atoms with E-state index >= 15 is 0 Å². The van der Waals surface area contributed by atoms with E-state index < -0.39 is 0 Å². The summed E-state index contributed by atoms with van der Waals surface area (Å²) in [7, 11) is 0. The second-order valence-corrected chi connectivity index (χ2v) is 11.2. The number of ether oxygens (including phenoxy) is 1. The van der Waals surface area contributed by atoms with Crippen molar-refractivity contribution in [2.45, 2.75) is 38.5 Å². The minimum absolute atomic E-state index is 0.619. The van der Waals surface area contributed by atoms with Crippen molar-refractivity contribution in [3.05, 3.63) is 88.2 Å². The number of piperazine rings is 1. The Bertz CT molecular complexity index is 1120. The number of rotatable bonds is 9. The number of pyridine rings is 1. The van der Waals surface area contributed by atoms with Gasteiger partial charge in [-0.1, -0.05) is 46.3 Å². The molecule has 0 saturated carbocycles. The fourth-order valence-corrected chi connectivity index (χ4v) is 5.83. The van der Waals surface area contributed by atoms with Gasteiger partial charge in [-0.2, -0.15) is 0 Å². The highest BCUT2D eigenvalue weighted by Crippen LogP contribution is 2.28. The monoisotopic (exact) mass is 562 g/mol. The van der Waals surface area contributed by atoms with Crippen LogP contribution in [0.25, 0.3) is 5.76 Å². The SMILES string of the molecule is C=CC1=C(c2ncccc2CCN2CCN(c3ccc(Br)cc3)CC2)OCN(CCC2=CCCCC2)C1. The molecule has 0 spiro atoms. The van der Waals surface area contributed by atoms with Gasteiger partial charge in [0.1, 0.15) is 12.4 Å². The minimum Gasteiger partial charge on any atom is -0.476 e. The highest BCUT2D eigenvalue weighted by atomic mass is 79.9. The van der Waals surface area contributed by atoms with Crippen molar-refractivity contribution >= 4 is 27.4 Å². The Kier molecular flexibility index (Phi) is 9.14. The maximum absolute atomic E-state index is 6.35. The van der Waals surface area contributed by atoms with Crippen LogP contribution in [-0.2, 0) is 11.2 Å². The molecule has 1 fully saturated rings. The van der Waals surface area contributed by atoms with Crippen molar-refractivity contribution in [1.29, 1.82) is 0 Å². The maximum Gasteiger partial charge on any atom is 0.151 e. The Hall–Kier alpha value is -2.41. The Labute approximate surface area is 230 Å². The molecule has 0 unspecified atom stereocenters. The van der Waals surface area contributed by atoms with Gasteiger partial charge in [-0.05, 0) is 74.4 Å². The second-order valence-electron chi connectivity index (χ2n) is 10.3. The molecule has 37 heavy (non-hydrogen) atoms. The molecule has 3 aliphatic rings. The van der Waals surface area contributed by atoms with E-state index in [0.717, 1.165) is 80.2 Å².